The molecule has 0 saturated carbocycles. The highest BCUT2D eigenvalue weighted by Gasteiger charge is 2.15. The zero-order valence-electron chi connectivity index (χ0n) is 12.6. The number of esters is 1. The summed E-state index contributed by atoms with van der Waals surface area (Å²) in [5, 5.41) is 0. The molecule has 2 aromatic rings. The van der Waals surface area contributed by atoms with Crippen molar-refractivity contribution in [2.75, 3.05) is 0 Å². The molecule has 0 bridgehead atoms. The Balaban J connectivity index is 2.33. The molecule has 2 rings (SSSR count). The van der Waals surface area contributed by atoms with E-state index in [0.717, 1.165) is 22.4 Å². The summed E-state index contributed by atoms with van der Waals surface area (Å²) in [4.78, 5) is 16.6. The molecule has 1 aromatic carbocycles. The minimum atomic E-state index is -0.356. The third-order valence-electron chi connectivity index (χ3n) is 3.24. The molecule has 1 heterocycles. The Labute approximate surface area is 119 Å². The van der Waals surface area contributed by atoms with E-state index in [4.69, 9.17) is 4.74 Å². The topological polar surface area (TPSA) is 39.2 Å². The lowest BCUT2D eigenvalue weighted by Crippen LogP contribution is -2.13. The molecule has 104 valence electrons. The molecular formula is C17H19NO2. The van der Waals surface area contributed by atoms with E-state index in [0.29, 0.717) is 17.0 Å². The van der Waals surface area contributed by atoms with E-state index in [9.17, 15) is 4.79 Å². The molecule has 3 nitrogen and oxygen atoms in total. The van der Waals surface area contributed by atoms with Crippen molar-refractivity contribution < 1.29 is 9.53 Å². The van der Waals surface area contributed by atoms with Crippen LogP contribution in [-0.4, -0.2) is 11.0 Å². The van der Waals surface area contributed by atoms with Gasteiger partial charge in [0.2, 0.25) is 0 Å². The van der Waals surface area contributed by atoms with Crippen molar-refractivity contribution in [1.82, 2.24) is 4.98 Å². The molecule has 3 heteroatoms. The Morgan fingerprint density at radius 3 is 2.15 bits per heavy atom. The molecule has 0 aliphatic carbocycles. The van der Waals surface area contributed by atoms with E-state index in [1.807, 2.05) is 52.8 Å². The number of hydrogen-bond acceptors (Lipinski definition) is 3. The summed E-state index contributed by atoms with van der Waals surface area (Å²) in [5.41, 5.74) is 5.18. The number of aromatic nitrogens is 1. The summed E-state index contributed by atoms with van der Waals surface area (Å²) >= 11 is 0. The Hall–Kier alpha value is -2.16. The van der Waals surface area contributed by atoms with Gasteiger partial charge in [0, 0.05) is 5.69 Å². The quantitative estimate of drug-likeness (QED) is 0.614. The number of aryl methyl sites for hydroxylation is 5. The highest BCUT2D eigenvalue weighted by molar-refractivity contribution is 5.92. The van der Waals surface area contributed by atoms with Crippen molar-refractivity contribution in [3.05, 3.63) is 57.9 Å². The summed E-state index contributed by atoms with van der Waals surface area (Å²) in [6.45, 7) is 9.64. The first-order valence-corrected chi connectivity index (χ1v) is 6.62. The Morgan fingerprint density at radius 2 is 1.60 bits per heavy atom. The second-order valence-electron chi connectivity index (χ2n) is 5.20. The number of carbonyl (C=O) groups is 1. The third kappa shape index (κ3) is 2.87. The highest BCUT2D eigenvalue weighted by atomic mass is 16.5. The van der Waals surface area contributed by atoms with E-state index in [-0.39, 0.29) is 5.97 Å². The highest BCUT2D eigenvalue weighted by Crippen LogP contribution is 2.25. The molecule has 0 radical (unpaired) electrons. The Kier molecular flexibility index (Phi) is 3.89. The van der Waals surface area contributed by atoms with Gasteiger partial charge in [0.25, 0.3) is 0 Å². The van der Waals surface area contributed by atoms with Crippen LogP contribution in [0.1, 0.15) is 38.4 Å². The Morgan fingerprint density at radius 1 is 1.00 bits per heavy atom. The van der Waals surface area contributed by atoms with E-state index >= 15 is 0 Å². The van der Waals surface area contributed by atoms with E-state index < -0.39 is 0 Å². The predicted octanol–water partition coefficient (Wildman–Crippen LogP) is 3.84. The number of benzene rings is 1. The molecule has 0 saturated heterocycles. The fourth-order valence-corrected chi connectivity index (χ4v) is 2.38. The van der Waals surface area contributed by atoms with Crippen molar-refractivity contribution in [2.45, 2.75) is 34.6 Å². The maximum Gasteiger partial charge on any atom is 0.345 e. The summed E-state index contributed by atoms with van der Waals surface area (Å²) in [6.07, 6.45) is 0. The number of rotatable bonds is 2. The molecule has 0 amide bonds. The standard InChI is InChI=1S/C17H19NO2/c1-10-8-11(2)16(12(3)9-10)20-17(19)15-7-6-13(4)18-14(15)5/h6-9H,1-5H3. The number of nitrogens with zero attached hydrogens (tertiary/aromatic N) is 1. The van der Waals surface area contributed by atoms with E-state index in [2.05, 4.69) is 4.98 Å². The molecule has 20 heavy (non-hydrogen) atoms. The molecule has 1 aromatic heterocycles. The third-order valence-corrected chi connectivity index (χ3v) is 3.24. The summed E-state index contributed by atoms with van der Waals surface area (Å²) in [7, 11) is 0. The van der Waals surface area contributed by atoms with Crippen molar-refractivity contribution in [3.63, 3.8) is 0 Å². The minimum absolute atomic E-state index is 0.356. The van der Waals surface area contributed by atoms with Crippen LogP contribution in [0, 0.1) is 34.6 Å². The maximum absolute atomic E-state index is 12.3. The van der Waals surface area contributed by atoms with Gasteiger partial charge in [0.15, 0.2) is 0 Å². The smallest absolute Gasteiger partial charge is 0.345 e. The van der Waals surface area contributed by atoms with Crippen LogP contribution < -0.4 is 4.74 Å². The molecule has 0 aliphatic heterocycles. The largest absolute Gasteiger partial charge is 0.422 e. The first-order chi connectivity index (χ1) is 9.38. The first kappa shape index (κ1) is 14.3. The van der Waals surface area contributed by atoms with Crippen molar-refractivity contribution >= 4 is 5.97 Å². The van der Waals surface area contributed by atoms with Crippen LogP contribution in [0.25, 0.3) is 0 Å². The maximum atomic E-state index is 12.3. The summed E-state index contributed by atoms with van der Waals surface area (Å²) < 4.78 is 5.56. The predicted molar refractivity (Wildman–Crippen MR) is 79.3 cm³/mol. The molecule has 0 spiro atoms. The number of hydrogen-bond donors (Lipinski definition) is 0. The second-order valence-corrected chi connectivity index (χ2v) is 5.20. The molecular weight excluding hydrogens is 250 g/mol. The normalized spacial score (nSPS) is 10.4. The zero-order valence-corrected chi connectivity index (χ0v) is 12.6. The number of carbonyl (C=O) groups excluding carboxylic acids is 1. The van der Waals surface area contributed by atoms with Crippen LogP contribution in [0.3, 0.4) is 0 Å². The van der Waals surface area contributed by atoms with Crippen molar-refractivity contribution in [3.8, 4) is 5.75 Å². The van der Waals surface area contributed by atoms with Crippen LogP contribution in [0.2, 0.25) is 0 Å². The average Bonchev–Trinajstić information content (AvgIpc) is 2.33. The van der Waals surface area contributed by atoms with E-state index in [1.165, 1.54) is 0 Å². The summed E-state index contributed by atoms with van der Waals surface area (Å²) in [5.74, 6) is 0.283. The minimum Gasteiger partial charge on any atom is -0.422 e. The fraction of sp³-hybridized carbons (Fsp3) is 0.294. The molecule has 0 N–H and O–H groups in total. The van der Waals surface area contributed by atoms with Gasteiger partial charge in [-0.15, -0.1) is 0 Å². The van der Waals surface area contributed by atoms with Gasteiger partial charge in [-0.1, -0.05) is 17.7 Å². The van der Waals surface area contributed by atoms with Gasteiger partial charge in [0.1, 0.15) is 5.75 Å². The van der Waals surface area contributed by atoms with Crippen LogP contribution >= 0.6 is 0 Å². The van der Waals surface area contributed by atoms with E-state index in [1.54, 1.807) is 6.07 Å². The lowest BCUT2D eigenvalue weighted by molar-refractivity contribution is 0.0731. The SMILES string of the molecule is Cc1cc(C)c(OC(=O)c2ccc(C)nc2C)c(C)c1. The van der Waals surface area contributed by atoms with Crippen LogP contribution in [0.15, 0.2) is 24.3 Å². The van der Waals surface area contributed by atoms with Gasteiger partial charge in [-0.2, -0.15) is 0 Å². The lowest BCUT2D eigenvalue weighted by atomic mass is 10.1. The lowest BCUT2D eigenvalue weighted by Gasteiger charge is -2.12. The first-order valence-electron chi connectivity index (χ1n) is 6.62. The van der Waals surface area contributed by atoms with Gasteiger partial charge in [0.05, 0.1) is 11.3 Å². The van der Waals surface area contributed by atoms with Crippen molar-refractivity contribution in [2.24, 2.45) is 0 Å². The van der Waals surface area contributed by atoms with Gasteiger partial charge in [-0.25, -0.2) is 4.79 Å². The number of pyridine rings is 1. The van der Waals surface area contributed by atoms with Crippen LogP contribution in [0.5, 0.6) is 5.75 Å². The van der Waals surface area contributed by atoms with Crippen LogP contribution in [0.4, 0.5) is 0 Å². The second kappa shape index (κ2) is 5.45. The van der Waals surface area contributed by atoms with Crippen LogP contribution in [-0.2, 0) is 0 Å². The fourth-order valence-electron chi connectivity index (χ4n) is 2.38. The van der Waals surface area contributed by atoms with Gasteiger partial charge in [-0.3, -0.25) is 4.98 Å². The average molecular weight is 269 g/mol. The molecule has 0 atom stereocenters. The molecule has 0 aliphatic rings. The van der Waals surface area contributed by atoms with Gasteiger partial charge < -0.3 is 4.74 Å². The molecule has 0 fully saturated rings. The molecule has 0 unspecified atom stereocenters. The monoisotopic (exact) mass is 269 g/mol. The number of ether oxygens (including phenoxy) is 1. The Bertz CT molecular complexity index is 652. The summed E-state index contributed by atoms with van der Waals surface area (Å²) in [6, 6.07) is 7.60. The van der Waals surface area contributed by atoms with Gasteiger partial charge in [-0.05, 0) is 57.9 Å². The van der Waals surface area contributed by atoms with Crippen molar-refractivity contribution in [1.29, 1.82) is 0 Å². The zero-order chi connectivity index (χ0) is 14.9. The van der Waals surface area contributed by atoms with Gasteiger partial charge >= 0.3 is 5.97 Å².